The minimum Gasteiger partial charge on any atom is -0.331 e. The Bertz CT molecular complexity index is 763. The van der Waals surface area contributed by atoms with Gasteiger partial charge in [-0.05, 0) is 42.2 Å². The van der Waals surface area contributed by atoms with E-state index in [1.165, 1.54) is 0 Å². The van der Waals surface area contributed by atoms with Crippen molar-refractivity contribution >= 4 is 33.6 Å². The second-order valence-corrected chi connectivity index (χ2v) is 7.38. The summed E-state index contributed by atoms with van der Waals surface area (Å²) < 4.78 is 0.950. The van der Waals surface area contributed by atoms with E-state index in [2.05, 4.69) is 31.9 Å². The van der Waals surface area contributed by atoms with Crippen LogP contribution >= 0.6 is 15.9 Å². The monoisotopic (exact) mass is 417 g/mol. The third-order valence-corrected chi connectivity index (χ3v) is 4.48. The molecule has 138 valence electrons. The summed E-state index contributed by atoms with van der Waals surface area (Å²) in [7, 11) is 0. The van der Waals surface area contributed by atoms with Crippen molar-refractivity contribution in [3.8, 4) is 0 Å². The fraction of sp³-hybridized carbons (Fsp3) is 0.300. The Kier molecular flexibility index (Phi) is 7.21. The third-order valence-electron chi connectivity index (χ3n) is 3.98. The minimum atomic E-state index is -0.366. The van der Waals surface area contributed by atoms with Gasteiger partial charge in [0.05, 0.1) is 12.6 Å². The van der Waals surface area contributed by atoms with Gasteiger partial charge in [-0.15, -0.1) is 0 Å². The SMILES string of the molecule is Cc1cc(Br)ccc1NC(=O)CNC(=O)N[C@H](c1ccccc1)C(C)C. The van der Waals surface area contributed by atoms with Crippen LogP contribution in [-0.4, -0.2) is 18.5 Å². The van der Waals surface area contributed by atoms with Crippen LogP contribution in [0.15, 0.2) is 53.0 Å². The molecule has 1 atom stereocenters. The maximum Gasteiger partial charge on any atom is 0.315 e. The molecule has 0 saturated heterocycles. The first-order chi connectivity index (χ1) is 12.4. The van der Waals surface area contributed by atoms with Gasteiger partial charge >= 0.3 is 6.03 Å². The smallest absolute Gasteiger partial charge is 0.315 e. The molecule has 0 aliphatic heterocycles. The summed E-state index contributed by atoms with van der Waals surface area (Å²) in [5, 5.41) is 8.35. The molecule has 3 N–H and O–H groups in total. The van der Waals surface area contributed by atoms with Crippen LogP contribution in [-0.2, 0) is 4.79 Å². The lowest BCUT2D eigenvalue weighted by Gasteiger charge is -2.23. The van der Waals surface area contributed by atoms with Crippen molar-refractivity contribution in [3.05, 3.63) is 64.1 Å². The number of nitrogens with one attached hydrogen (secondary N) is 3. The van der Waals surface area contributed by atoms with Gasteiger partial charge in [0.15, 0.2) is 0 Å². The molecule has 6 heteroatoms. The Morgan fingerprint density at radius 1 is 1.08 bits per heavy atom. The Hall–Kier alpha value is -2.34. The largest absolute Gasteiger partial charge is 0.331 e. The summed E-state index contributed by atoms with van der Waals surface area (Å²) in [6.45, 7) is 5.90. The van der Waals surface area contributed by atoms with Crippen molar-refractivity contribution in [1.29, 1.82) is 0 Å². The van der Waals surface area contributed by atoms with E-state index in [0.717, 1.165) is 21.3 Å². The van der Waals surface area contributed by atoms with Crippen molar-refractivity contribution in [2.75, 3.05) is 11.9 Å². The molecule has 0 unspecified atom stereocenters. The molecule has 3 amide bonds. The molecular weight excluding hydrogens is 394 g/mol. The van der Waals surface area contributed by atoms with Crippen LogP contribution in [0.1, 0.15) is 31.0 Å². The molecule has 2 rings (SSSR count). The van der Waals surface area contributed by atoms with E-state index in [1.54, 1.807) is 0 Å². The molecule has 0 aliphatic carbocycles. The van der Waals surface area contributed by atoms with Crippen molar-refractivity contribution in [2.45, 2.75) is 26.8 Å². The molecule has 26 heavy (non-hydrogen) atoms. The quantitative estimate of drug-likeness (QED) is 0.651. The summed E-state index contributed by atoms with van der Waals surface area (Å²) in [5.41, 5.74) is 2.71. The van der Waals surface area contributed by atoms with Gasteiger partial charge in [0.25, 0.3) is 0 Å². The molecule has 2 aromatic rings. The molecule has 0 aromatic heterocycles. The van der Waals surface area contributed by atoms with Crippen molar-refractivity contribution < 1.29 is 9.59 Å². The molecule has 0 heterocycles. The normalized spacial score (nSPS) is 11.7. The number of aryl methyl sites for hydroxylation is 1. The number of anilines is 1. The fourth-order valence-electron chi connectivity index (χ4n) is 2.61. The Balaban J connectivity index is 1.88. The lowest BCUT2D eigenvalue weighted by molar-refractivity contribution is -0.115. The average molecular weight is 418 g/mol. The number of halogens is 1. The van der Waals surface area contributed by atoms with Gasteiger partial charge in [0.1, 0.15) is 0 Å². The second kappa shape index (κ2) is 9.38. The van der Waals surface area contributed by atoms with Gasteiger partial charge in [-0.25, -0.2) is 4.79 Å². The van der Waals surface area contributed by atoms with Gasteiger partial charge in [-0.2, -0.15) is 0 Å². The molecule has 2 aromatic carbocycles. The van der Waals surface area contributed by atoms with E-state index in [1.807, 2.05) is 69.3 Å². The number of urea groups is 1. The number of carbonyl (C=O) groups is 2. The first kappa shape index (κ1) is 20.0. The lowest BCUT2D eigenvalue weighted by Crippen LogP contribution is -2.42. The van der Waals surface area contributed by atoms with Gasteiger partial charge in [-0.1, -0.05) is 60.1 Å². The number of carbonyl (C=O) groups excluding carboxylic acids is 2. The molecule has 0 aliphatic rings. The predicted octanol–water partition coefficient (Wildman–Crippen LogP) is 4.39. The van der Waals surface area contributed by atoms with E-state index in [-0.39, 0.29) is 30.4 Å². The zero-order chi connectivity index (χ0) is 19.1. The summed E-state index contributed by atoms with van der Waals surface area (Å²) in [5.74, 6) is -0.0474. The number of rotatable bonds is 6. The molecule has 0 spiro atoms. The van der Waals surface area contributed by atoms with Crippen molar-refractivity contribution in [1.82, 2.24) is 10.6 Å². The van der Waals surface area contributed by atoms with Crippen LogP contribution < -0.4 is 16.0 Å². The summed E-state index contributed by atoms with van der Waals surface area (Å²) in [6.07, 6.45) is 0. The van der Waals surface area contributed by atoms with E-state index in [0.29, 0.717) is 0 Å². The van der Waals surface area contributed by atoms with Crippen molar-refractivity contribution in [3.63, 3.8) is 0 Å². The average Bonchev–Trinajstić information content (AvgIpc) is 2.61. The number of amides is 3. The molecular formula is C20H24BrN3O2. The molecule has 0 bridgehead atoms. The maximum absolute atomic E-state index is 12.2. The first-order valence-corrected chi connectivity index (χ1v) is 9.31. The maximum atomic E-state index is 12.2. The lowest BCUT2D eigenvalue weighted by atomic mass is 9.96. The van der Waals surface area contributed by atoms with Crippen LogP contribution in [0.2, 0.25) is 0 Å². The minimum absolute atomic E-state index is 0.0963. The summed E-state index contributed by atoms with van der Waals surface area (Å²) in [4.78, 5) is 24.3. The Morgan fingerprint density at radius 2 is 1.77 bits per heavy atom. The Labute approximate surface area is 162 Å². The van der Waals surface area contributed by atoms with Crippen LogP contribution in [0.4, 0.5) is 10.5 Å². The van der Waals surface area contributed by atoms with Crippen molar-refractivity contribution in [2.24, 2.45) is 5.92 Å². The van der Waals surface area contributed by atoms with E-state index >= 15 is 0 Å². The number of benzene rings is 2. The Morgan fingerprint density at radius 3 is 2.38 bits per heavy atom. The zero-order valence-electron chi connectivity index (χ0n) is 15.2. The van der Waals surface area contributed by atoms with Crippen LogP contribution in [0, 0.1) is 12.8 Å². The molecule has 0 saturated carbocycles. The molecule has 5 nitrogen and oxygen atoms in total. The predicted molar refractivity (Wildman–Crippen MR) is 108 cm³/mol. The van der Waals surface area contributed by atoms with Gasteiger partial charge < -0.3 is 16.0 Å². The summed E-state index contributed by atoms with van der Waals surface area (Å²) >= 11 is 3.39. The highest BCUT2D eigenvalue weighted by Crippen LogP contribution is 2.21. The second-order valence-electron chi connectivity index (χ2n) is 6.47. The van der Waals surface area contributed by atoms with E-state index in [9.17, 15) is 9.59 Å². The topological polar surface area (TPSA) is 70.2 Å². The third kappa shape index (κ3) is 5.88. The number of hydrogen-bond acceptors (Lipinski definition) is 2. The summed E-state index contributed by atoms with van der Waals surface area (Å²) in [6, 6.07) is 14.9. The zero-order valence-corrected chi connectivity index (χ0v) is 16.8. The first-order valence-electron chi connectivity index (χ1n) is 8.52. The van der Waals surface area contributed by atoms with Crippen LogP contribution in [0.3, 0.4) is 0 Å². The molecule has 0 fully saturated rings. The van der Waals surface area contributed by atoms with Gasteiger partial charge in [-0.3, -0.25) is 4.79 Å². The van der Waals surface area contributed by atoms with Gasteiger partial charge in [0.2, 0.25) is 5.91 Å². The van der Waals surface area contributed by atoms with Crippen LogP contribution in [0.5, 0.6) is 0 Å². The molecule has 0 radical (unpaired) electrons. The fourth-order valence-corrected chi connectivity index (χ4v) is 3.09. The van der Waals surface area contributed by atoms with Crippen LogP contribution in [0.25, 0.3) is 0 Å². The standard InChI is InChI=1S/C20H24BrN3O2/c1-13(2)19(15-7-5-4-6-8-15)24-20(26)22-12-18(25)23-17-10-9-16(21)11-14(17)3/h4-11,13,19H,12H2,1-3H3,(H,23,25)(H2,22,24,26)/t19-/m0/s1. The van der Waals surface area contributed by atoms with Gasteiger partial charge in [0, 0.05) is 10.2 Å². The highest BCUT2D eigenvalue weighted by molar-refractivity contribution is 9.10. The van der Waals surface area contributed by atoms with E-state index in [4.69, 9.17) is 0 Å². The highest BCUT2D eigenvalue weighted by atomic mass is 79.9. The van der Waals surface area contributed by atoms with E-state index < -0.39 is 0 Å². The number of hydrogen-bond donors (Lipinski definition) is 3. The highest BCUT2D eigenvalue weighted by Gasteiger charge is 2.18.